The van der Waals surface area contributed by atoms with Crippen LogP contribution in [-0.2, 0) is 0 Å². The van der Waals surface area contributed by atoms with Crippen LogP contribution in [0.25, 0.3) is 0 Å². The van der Waals surface area contributed by atoms with E-state index in [1.165, 1.54) is 32.1 Å². The van der Waals surface area contributed by atoms with Crippen LogP contribution in [0.2, 0.25) is 0 Å². The second-order valence-electron chi connectivity index (χ2n) is 6.67. The van der Waals surface area contributed by atoms with Crippen LogP contribution in [0.15, 0.2) is 13.6 Å². The summed E-state index contributed by atoms with van der Waals surface area (Å²) in [5.41, 5.74) is 0.774. The molecule has 5 heteroatoms. The summed E-state index contributed by atoms with van der Waals surface area (Å²) in [6.07, 6.45) is 6.81. The normalized spacial score (nSPS) is 38.2. The molecular weight excluding hydrogens is 402 g/mol. The molecule has 1 aromatic rings. The van der Waals surface area contributed by atoms with Gasteiger partial charge in [-0.2, -0.15) is 0 Å². The Balaban J connectivity index is 1.52. The number of carbonyl (C=O) groups is 1. The first kappa shape index (κ1) is 13.8. The lowest BCUT2D eigenvalue weighted by Crippen LogP contribution is -2.55. The summed E-state index contributed by atoms with van der Waals surface area (Å²) in [5.74, 6) is 3.46. The molecule has 4 saturated carbocycles. The molecule has 2 nitrogen and oxygen atoms in total. The SMILES string of the molecule is O=C(NC1C2CC3CC(C2)CC1C3)c1cc(Br)sc1Br. The van der Waals surface area contributed by atoms with Crippen LogP contribution in [0.1, 0.15) is 42.5 Å². The molecule has 0 saturated heterocycles. The number of hydrogen-bond acceptors (Lipinski definition) is 2. The standard InChI is InChI=1S/C15H17Br2NOS/c16-12-6-11(14(17)20-12)15(19)18-13-9-2-7-1-8(4-9)5-10(13)3-7/h6-10,13H,1-5H2,(H,18,19). The average molecular weight is 419 g/mol. The van der Waals surface area contributed by atoms with Crippen LogP contribution in [0, 0.1) is 23.7 Å². The van der Waals surface area contributed by atoms with Gasteiger partial charge in [0.2, 0.25) is 0 Å². The molecule has 1 N–H and O–H groups in total. The fraction of sp³-hybridized carbons (Fsp3) is 0.667. The van der Waals surface area contributed by atoms with E-state index in [-0.39, 0.29) is 5.91 Å². The summed E-state index contributed by atoms with van der Waals surface area (Å²) < 4.78 is 1.92. The van der Waals surface area contributed by atoms with Gasteiger partial charge < -0.3 is 5.32 Å². The number of hydrogen-bond donors (Lipinski definition) is 1. The van der Waals surface area contributed by atoms with E-state index in [0.717, 1.165) is 36.8 Å². The highest BCUT2D eigenvalue weighted by atomic mass is 79.9. The van der Waals surface area contributed by atoms with Gasteiger partial charge in [-0.05, 0) is 93.7 Å². The maximum atomic E-state index is 12.5. The Labute approximate surface area is 140 Å². The Kier molecular flexibility index (Phi) is 3.51. The molecule has 4 aliphatic carbocycles. The predicted octanol–water partition coefficient (Wildman–Crippen LogP) is 4.83. The number of halogens is 2. The number of thiophene rings is 1. The summed E-state index contributed by atoms with van der Waals surface area (Å²) in [5, 5.41) is 3.35. The van der Waals surface area contributed by atoms with Crippen LogP contribution in [-0.4, -0.2) is 11.9 Å². The number of rotatable bonds is 2. The van der Waals surface area contributed by atoms with E-state index in [2.05, 4.69) is 37.2 Å². The summed E-state index contributed by atoms with van der Waals surface area (Å²) in [6.45, 7) is 0. The van der Waals surface area contributed by atoms with E-state index in [0.29, 0.717) is 6.04 Å². The molecule has 0 aromatic carbocycles. The zero-order valence-corrected chi connectivity index (χ0v) is 15.1. The van der Waals surface area contributed by atoms with Crippen molar-refractivity contribution in [2.24, 2.45) is 23.7 Å². The quantitative estimate of drug-likeness (QED) is 0.732. The summed E-state index contributed by atoms with van der Waals surface area (Å²) in [6, 6.07) is 2.33. The summed E-state index contributed by atoms with van der Waals surface area (Å²) in [7, 11) is 0. The van der Waals surface area contributed by atoms with Crippen molar-refractivity contribution in [2.45, 2.75) is 38.1 Å². The van der Waals surface area contributed by atoms with Crippen molar-refractivity contribution in [3.8, 4) is 0 Å². The fourth-order valence-corrected chi connectivity index (χ4v) is 7.68. The fourth-order valence-electron chi connectivity index (χ4n) is 4.89. The molecule has 0 atom stereocenters. The van der Waals surface area contributed by atoms with Crippen LogP contribution < -0.4 is 5.32 Å². The third-order valence-corrected chi connectivity index (χ3v) is 7.77. The van der Waals surface area contributed by atoms with Crippen molar-refractivity contribution in [2.75, 3.05) is 0 Å². The highest BCUT2D eigenvalue weighted by Gasteiger charge is 2.48. The van der Waals surface area contributed by atoms with Crippen LogP contribution in [0.3, 0.4) is 0 Å². The van der Waals surface area contributed by atoms with E-state index in [1.807, 2.05) is 6.07 Å². The molecule has 0 unspecified atom stereocenters. The molecule has 108 valence electrons. The Morgan fingerprint density at radius 1 is 1.10 bits per heavy atom. The van der Waals surface area contributed by atoms with Gasteiger partial charge in [-0.15, -0.1) is 11.3 Å². The van der Waals surface area contributed by atoms with Gasteiger partial charge >= 0.3 is 0 Å². The maximum Gasteiger partial charge on any atom is 0.253 e. The van der Waals surface area contributed by atoms with Crippen LogP contribution >= 0.6 is 43.2 Å². The monoisotopic (exact) mass is 417 g/mol. The number of amides is 1. The minimum absolute atomic E-state index is 0.0938. The van der Waals surface area contributed by atoms with Crippen molar-refractivity contribution in [3.05, 3.63) is 19.2 Å². The van der Waals surface area contributed by atoms with E-state index >= 15 is 0 Å². The van der Waals surface area contributed by atoms with Crippen molar-refractivity contribution in [1.29, 1.82) is 0 Å². The first-order valence-electron chi connectivity index (χ1n) is 7.36. The molecule has 4 bridgehead atoms. The van der Waals surface area contributed by atoms with Crippen molar-refractivity contribution in [3.63, 3.8) is 0 Å². The third kappa shape index (κ3) is 2.30. The molecule has 20 heavy (non-hydrogen) atoms. The average Bonchev–Trinajstić information content (AvgIpc) is 2.72. The number of carbonyl (C=O) groups excluding carboxylic acids is 1. The van der Waals surface area contributed by atoms with Gasteiger partial charge in [-0.1, -0.05) is 0 Å². The van der Waals surface area contributed by atoms with Gasteiger partial charge in [-0.3, -0.25) is 4.79 Å². The van der Waals surface area contributed by atoms with Crippen LogP contribution in [0.5, 0.6) is 0 Å². The summed E-state index contributed by atoms with van der Waals surface area (Å²) >= 11 is 8.50. The Morgan fingerprint density at radius 3 is 2.20 bits per heavy atom. The third-order valence-electron chi connectivity index (χ3n) is 5.43. The van der Waals surface area contributed by atoms with Crippen LogP contribution in [0.4, 0.5) is 0 Å². The van der Waals surface area contributed by atoms with Crippen molar-refractivity contribution >= 4 is 49.1 Å². The Bertz CT molecular complexity index is 528. The first-order valence-corrected chi connectivity index (χ1v) is 9.76. The molecule has 1 aromatic heterocycles. The van der Waals surface area contributed by atoms with Gasteiger partial charge in [0, 0.05) is 6.04 Å². The lowest BCUT2D eigenvalue weighted by atomic mass is 9.54. The lowest BCUT2D eigenvalue weighted by molar-refractivity contribution is -0.0119. The molecule has 0 spiro atoms. The summed E-state index contributed by atoms with van der Waals surface area (Å²) in [4.78, 5) is 12.5. The van der Waals surface area contributed by atoms with Crippen molar-refractivity contribution in [1.82, 2.24) is 5.32 Å². The maximum absolute atomic E-state index is 12.5. The zero-order valence-electron chi connectivity index (χ0n) is 11.1. The van der Waals surface area contributed by atoms with Gasteiger partial charge in [-0.25, -0.2) is 0 Å². The molecular formula is C15H17Br2NOS. The smallest absolute Gasteiger partial charge is 0.253 e. The molecule has 0 radical (unpaired) electrons. The highest BCUT2D eigenvalue weighted by molar-refractivity contribution is 9.12. The van der Waals surface area contributed by atoms with E-state index < -0.39 is 0 Å². The molecule has 0 aliphatic heterocycles. The minimum atomic E-state index is 0.0938. The van der Waals surface area contributed by atoms with Gasteiger partial charge in [0.15, 0.2) is 0 Å². The molecule has 4 aliphatic rings. The molecule has 5 rings (SSSR count). The predicted molar refractivity (Wildman–Crippen MR) is 88.0 cm³/mol. The number of nitrogens with one attached hydrogen (secondary N) is 1. The Morgan fingerprint density at radius 2 is 1.70 bits per heavy atom. The first-order chi connectivity index (χ1) is 9.60. The van der Waals surface area contributed by atoms with Gasteiger partial charge in [0.25, 0.3) is 5.91 Å². The largest absolute Gasteiger partial charge is 0.349 e. The zero-order chi connectivity index (χ0) is 13.9. The van der Waals surface area contributed by atoms with E-state index in [4.69, 9.17) is 0 Å². The second-order valence-corrected chi connectivity index (χ2v) is 10.4. The Hall–Kier alpha value is 0.130. The second kappa shape index (κ2) is 5.10. The van der Waals surface area contributed by atoms with Gasteiger partial charge in [0.1, 0.15) is 0 Å². The van der Waals surface area contributed by atoms with E-state index in [9.17, 15) is 4.79 Å². The lowest BCUT2D eigenvalue weighted by Gasteiger charge is -2.54. The molecule has 1 amide bonds. The molecule has 1 heterocycles. The van der Waals surface area contributed by atoms with E-state index in [1.54, 1.807) is 11.3 Å². The molecule has 4 fully saturated rings. The topological polar surface area (TPSA) is 29.1 Å². The minimum Gasteiger partial charge on any atom is -0.349 e. The highest BCUT2D eigenvalue weighted by Crippen LogP contribution is 2.53. The van der Waals surface area contributed by atoms with Gasteiger partial charge in [0.05, 0.1) is 13.1 Å². The van der Waals surface area contributed by atoms with Crippen molar-refractivity contribution < 1.29 is 4.79 Å².